The number of ether oxygens (including phenoxy) is 2. The molecule has 8 heteroatoms. The highest BCUT2D eigenvalue weighted by Crippen LogP contribution is 2.43. The molecule has 2 heterocycles. The standard InChI is InChI=1S/C21H15Cl2NO5/c1-2-27-21(26)16-15(10-7-8-12(22)13(23)9-10)18-19(29-20(16)24)17(25)11-5-3-4-6-14(11)28-18/h3-9,15H,2,24H2,1H3. The minimum Gasteiger partial charge on any atom is -0.462 e. The summed E-state index contributed by atoms with van der Waals surface area (Å²) in [4.78, 5) is 25.7. The number of hydrogen-bond donors (Lipinski definition) is 1. The number of rotatable bonds is 3. The van der Waals surface area contributed by atoms with E-state index >= 15 is 0 Å². The normalized spacial score (nSPS) is 15.8. The highest BCUT2D eigenvalue weighted by atomic mass is 35.5. The van der Waals surface area contributed by atoms with Gasteiger partial charge in [0.25, 0.3) is 0 Å². The maximum atomic E-state index is 13.0. The summed E-state index contributed by atoms with van der Waals surface area (Å²) in [6, 6.07) is 11.6. The quantitative estimate of drug-likeness (QED) is 0.619. The maximum Gasteiger partial charge on any atom is 0.340 e. The molecule has 0 fully saturated rings. The highest BCUT2D eigenvalue weighted by molar-refractivity contribution is 6.42. The molecule has 0 saturated heterocycles. The molecule has 148 valence electrons. The van der Waals surface area contributed by atoms with Crippen molar-refractivity contribution in [3.8, 4) is 5.75 Å². The van der Waals surface area contributed by atoms with Crippen LogP contribution in [0.1, 0.15) is 24.2 Å². The van der Waals surface area contributed by atoms with Gasteiger partial charge < -0.3 is 19.6 Å². The molecule has 4 rings (SSSR count). The van der Waals surface area contributed by atoms with E-state index in [0.29, 0.717) is 21.6 Å². The first-order valence-corrected chi connectivity index (χ1v) is 9.53. The predicted octanol–water partition coefficient (Wildman–Crippen LogP) is 4.36. The largest absolute Gasteiger partial charge is 0.462 e. The average molecular weight is 432 g/mol. The Kier molecular flexibility index (Phi) is 4.98. The molecular weight excluding hydrogens is 417 g/mol. The Labute approximate surface area is 175 Å². The van der Waals surface area contributed by atoms with Crippen molar-refractivity contribution in [1.82, 2.24) is 0 Å². The van der Waals surface area contributed by atoms with Gasteiger partial charge in [-0.2, -0.15) is 0 Å². The Morgan fingerprint density at radius 1 is 1.17 bits per heavy atom. The first-order chi connectivity index (χ1) is 13.9. The van der Waals surface area contributed by atoms with Gasteiger partial charge in [0.05, 0.1) is 28.0 Å². The average Bonchev–Trinajstić information content (AvgIpc) is 2.70. The molecular formula is C21H15Cl2NO5. The Morgan fingerprint density at radius 2 is 1.93 bits per heavy atom. The number of esters is 1. The molecule has 2 N–H and O–H groups in total. The van der Waals surface area contributed by atoms with E-state index in [1.807, 2.05) is 0 Å². The van der Waals surface area contributed by atoms with Crippen molar-refractivity contribution < 1.29 is 18.7 Å². The summed E-state index contributed by atoms with van der Waals surface area (Å²) in [7, 11) is 0. The fraction of sp³-hybridized carbons (Fsp3) is 0.143. The first kappa shape index (κ1) is 19.4. The van der Waals surface area contributed by atoms with Gasteiger partial charge in [-0.3, -0.25) is 4.79 Å². The van der Waals surface area contributed by atoms with Crippen LogP contribution in [-0.4, -0.2) is 12.6 Å². The van der Waals surface area contributed by atoms with Crippen molar-refractivity contribution in [1.29, 1.82) is 0 Å². The number of carbonyl (C=O) groups excluding carboxylic acids is 1. The molecule has 0 amide bonds. The molecule has 1 aliphatic rings. The molecule has 0 saturated carbocycles. The van der Waals surface area contributed by atoms with Crippen LogP contribution in [-0.2, 0) is 9.53 Å². The van der Waals surface area contributed by atoms with Crippen LogP contribution in [0.5, 0.6) is 5.75 Å². The number of hydrogen-bond acceptors (Lipinski definition) is 6. The number of para-hydroxylation sites is 1. The lowest BCUT2D eigenvalue weighted by Gasteiger charge is -2.27. The Morgan fingerprint density at radius 3 is 2.66 bits per heavy atom. The minimum atomic E-state index is -0.857. The van der Waals surface area contributed by atoms with Crippen molar-refractivity contribution in [3.63, 3.8) is 0 Å². The molecule has 29 heavy (non-hydrogen) atoms. The number of nitrogens with two attached hydrogens (primary N) is 1. The summed E-state index contributed by atoms with van der Waals surface area (Å²) in [5.74, 6) is -1.70. The molecule has 1 aromatic heterocycles. The van der Waals surface area contributed by atoms with E-state index in [9.17, 15) is 9.59 Å². The van der Waals surface area contributed by atoms with Crippen LogP contribution in [0.3, 0.4) is 0 Å². The second kappa shape index (κ2) is 7.46. The molecule has 0 radical (unpaired) electrons. The van der Waals surface area contributed by atoms with E-state index in [2.05, 4.69) is 0 Å². The molecule has 0 spiro atoms. The third-order valence-electron chi connectivity index (χ3n) is 4.58. The van der Waals surface area contributed by atoms with E-state index in [4.69, 9.17) is 42.8 Å². The van der Waals surface area contributed by atoms with E-state index in [1.165, 1.54) is 0 Å². The van der Waals surface area contributed by atoms with Crippen LogP contribution in [0.4, 0.5) is 0 Å². The van der Waals surface area contributed by atoms with Crippen LogP contribution < -0.4 is 15.9 Å². The lowest BCUT2D eigenvalue weighted by Crippen LogP contribution is -2.30. The topological polar surface area (TPSA) is 91.8 Å². The van der Waals surface area contributed by atoms with Gasteiger partial charge in [0.15, 0.2) is 5.76 Å². The van der Waals surface area contributed by atoms with Gasteiger partial charge in [0.2, 0.25) is 17.1 Å². The van der Waals surface area contributed by atoms with Crippen LogP contribution >= 0.6 is 23.2 Å². The Balaban J connectivity index is 2.03. The van der Waals surface area contributed by atoms with E-state index in [-0.39, 0.29) is 34.6 Å². The Hall–Kier alpha value is -2.96. The molecule has 0 bridgehead atoms. The molecule has 1 atom stereocenters. The van der Waals surface area contributed by atoms with Gasteiger partial charge in [0, 0.05) is 0 Å². The van der Waals surface area contributed by atoms with E-state index in [1.54, 1.807) is 49.4 Å². The third kappa shape index (κ3) is 3.24. The summed E-state index contributed by atoms with van der Waals surface area (Å²) in [5.41, 5.74) is 6.59. The second-order valence-electron chi connectivity index (χ2n) is 6.33. The predicted molar refractivity (Wildman–Crippen MR) is 109 cm³/mol. The maximum absolute atomic E-state index is 13.0. The Bertz CT molecular complexity index is 1230. The molecule has 1 unspecified atom stereocenters. The van der Waals surface area contributed by atoms with Gasteiger partial charge in [-0.25, -0.2) is 4.79 Å². The van der Waals surface area contributed by atoms with Crippen LogP contribution in [0.15, 0.2) is 63.1 Å². The van der Waals surface area contributed by atoms with Crippen molar-refractivity contribution in [3.05, 3.63) is 85.5 Å². The zero-order chi connectivity index (χ0) is 20.7. The molecule has 0 aliphatic carbocycles. The zero-order valence-corrected chi connectivity index (χ0v) is 16.7. The van der Waals surface area contributed by atoms with Crippen molar-refractivity contribution >= 4 is 40.1 Å². The smallest absolute Gasteiger partial charge is 0.340 e. The summed E-state index contributed by atoms with van der Waals surface area (Å²) < 4.78 is 16.7. The summed E-state index contributed by atoms with van der Waals surface area (Å²) in [5, 5.41) is 0.964. The van der Waals surface area contributed by atoms with Crippen molar-refractivity contribution in [2.45, 2.75) is 12.8 Å². The molecule has 3 aromatic rings. The lowest BCUT2D eigenvalue weighted by molar-refractivity contribution is -0.139. The minimum absolute atomic E-state index is 0.0242. The SMILES string of the molecule is CCOC(=O)C1=C(N)Oc2c(oc3ccccc3c2=O)C1c1ccc(Cl)c(Cl)c1. The fourth-order valence-electron chi connectivity index (χ4n) is 3.30. The summed E-state index contributed by atoms with van der Waals surface area (Å²) in [6.45, 7) is 1.81. The number of halogens is 2. The van der Waals surface area contributed by atoms with Gasteiger partial charge in [0.1, 0.15) is 11.2 Å². The second-order valence-corrected chi connectivity index (χ2v) is 7.14. The van der Waals surface area contributed by atoms with Crippen LogP contribution in [0.2, 0.25) is 10.0 Å². The monoisotopic (exact) mass is 431 g/mol. The van der Waals surface area contributed by atoms with Gasteiger partial charge in [-0.1, -0.05) is 41.4 Å². The van der Waals surface area contributed by atoms with Crippen LogP contribution in [0, 0.1) is 0 Å². The number of benzene rings is 2. The summed E-state index contributed by atoms with van der Waals surface area (Å²) in [6.07, 6.45) is 0. The lowest BCUT2D eigenvalue weighted by atomic mass is 9.86. The van der Waals surface area contributed by atoms with Gasteiger partial charge in [-0.05, 0) is 36.8 Å². The van der Waals surface area contributed by atoms with Crippen molar-refractivity contribution in [2.24, 2.45) is 5.73 Å². The number of carbonyl (C=O) groups is 1. The third-order valence-corrected chi connectivity index (χ3v) is 5.32. The summed E-state index contributed by atoms with van der Waals surface area (Å²) >= 11 is 12.2. The first-order valence-electron chi connectivity index (χ1n) is 8.77. The zero-order valence-electron chi connectivity index (χ0n) is 15.2. The molecule has 2 aromatic carbocycles. The van der Waals surface area contributed by atoms with Crippen LogP contribution in [0.25, 0.3) is 11.0 Å². The molecule has 1 aliphatic heterocycles. The van der Waals surface area contributed by atoms with E-state index in [0.717, 1.165) is 0 Å². The molecule has 6 nitrogen and oxygen atoms in total. The number of fused-ring (bicyclic) bond motifs is 2. The van der Waals surface area contributed by atoms with Gasteiger partial charge >= 0.3 is 5.97 Å². The fourth-order valence-corrected chi connectivity index (χ4v) is 3.61. The van der Waals surface area contributed by atoms with E-state index < -0.39 is 17.3 Å². The van der Waals surface area contributed by atoms with Gasteiger partial charge in [-0.15, -0.1) is 0 Å². The van der Waals surface area contributed by atoms with Crippen molar-refractivity contribution in [2.75, 3.05) is 6.61 Å². The highest BCUT2D eigenvalue weighted by Gasteiger charge is 2.39.